The second-order valence-electron chi connectivity index (χ2n) is 3.46. The Morgan fingerprint density at radius 3 is 2.39 bits per heavy atom. The van der Waals surface area contributed by atoms with Crippen LogP contribution in [0.15, 0.2) is 30.3 Å². The van der Waals surface area contributed by atoms with E-state index in [1.165, 1.54) is 18.2 Å². The van der Waals surface area contributed by atoms with E-state index in [9.17, 15) is 22.8 Å². The lowest BCUT2D eigenvalue weighted by Crippen LogP contribution is -2.07. The van der Waals surface area contributed by atoms with Gasteiger partial charge < -0.3 is 5.11 Å². The predicted molar refractivity (Wildman–Crippen MR) is 57.7 cm³/mol. The van der Waals surface area contributed by atoms with Gasteiger partial charge in [-0.05, 0) is 17.7 Å². The van der Waals surface area contributed by atoms with Crippen LogP contribution in [0.25, 0.3) is 6.08 Å². The molecule has 0 atom stereocenters. The summed E-state index contributed by atoms with van der Waals surface area (Å²) in [5.74, 6) is -2.09. The van der Waals surface area contributed by atoms with E-state index in [-0.39, 0.29) is 5.56 Å². The Bertz CT molecular complexity index is 490. The van der Waals surface area contributed by atoms with Gasteiger partial charge in [0.2, 0.25) is 0 Å². The molecule has 0 radical (unpaired) electrons. The van der Waals surface area contributed by atoms with Crippen molar-refractivity contribution in [2.45, 2.75) is 12.6 Å². The predicted octanol–water partition coefficient (Wildman–Crippen LogP) is 2.76. The molecule has 0 amide bonds. The number of hydrogen-bond acceptors (Lipinski definition) is 2. The zero-order valence-electron chi connectivity index (χ0n) is 9.07. The van der Waals surface area contributed by atoms with Crippen LogP contribution in [0.4, 0.5) is 13.2 Å². The first-order valence-electron chi connectivity index (χ1n) is 4.89. The summed E-state index contributed by atoms with van der Waals surface area (Å²) in [5.41, 5.74) is -1.05. The molecular weight excluding hydrogens is 249 g/mol. The maximum Gasteiger partial charge on any atom is 0.416 e. The zero-order valence-corrected chi connectivity index (χ0v) is 9.07. The lowest BCUT2D eigenvalue weighted by Gasteiger charge is -2.09. The molecule has 0 saturated heterocycles. The smallest absolute Gasteiger partial charge is 0.416 e. The minimum Gasteiger partial charge on any atom is -0.481 e. The third kappa shape index (κ3) is 4.04. The molecule has 0 unspecified atom stereocenters. The number of hydrogen-bond donors (Lipinski definition) is 1. The van der Waals surface area contributed by atoms with Crippen molar-refractivity contribution >= 4 is 17.8 Å². The highest BCUT2D eigenvalue weighted by Gasteiger charge is 2.32. The third-order valence-corrected chi connectivity index (χ3v) is 2.04. The van der Waals surface area contributed by atoms with Crippen molar-refractivity contribution in [2.24, 2.45) is 0 Å². The highest BCUT2D eigenvalue weighted by molar-refractivity contribution is 6.03. The molecule has 1 rings (SSSR count). The molecule has 0 aliphatic heterocycles. The van der Waals surface area contributed by atoms with Crippen LogP contribution in [0.1, 0.15) is 17.5 Å². The average Bonchev–Trinajstić information content (AvgIpc) is 2.24. The molecule has 6 heteroatoms. The molecule has 96 valence electrons. The van der Waals surface area contributed by atoms with Crippen LogP contribution in [0.5, 0.6) is 0 Å². The van der Waals surface area contributed by atoms with Crippen LogP contribution in [0.2, 0.25) is 0 Å². The first kappa shape index (κ1) is 14.0. The molecular formula is C12H9F3O3. The number of benzene rings is 1. The molecule has 0 aliphatic rings. The van der Waals surface area contributed by atoms with E-state index in [1.807, 2.05) is 0 Å². The molecule has 1 aromatic rings. The fourth-order valence-corrected chi connectivity index (χ4v) is 1.29. The van der Waals surface area contributed by atoms with Gasteiger partial charge in [-0.1, -0.05) is 24.3 Å². The van der Waals surface area contributed by atoms with Crippen molar-refractivity contribution in [1.82, 2.24) is 0 Å². The number of rotatable bonds is 4. The Balaban J connectivity index is 2.95. The zero-order chi connectivity index (χ0) is 13.8. The maximum atomic E-state index is 12.6. The Kier molecular flexibility index (Phi) is 4.25. The number of carbonyl (C=O) groups excluding carboxylic acids is 1. The first-order chi connectivity index (χ1) is 8.30. The number of ketones is 1. The summed E-state index contributed by atoms with van der Waals surface area (Å²) in [5, 5.41) is 8.33. The minimum absolute atomic E-state index is 0.177. The Labute approximate surface area is 101 Å². The van der Waals surface area contributed by atoms with Crippen molar-refractivity contribution in [3.05, 3.63) is 41.5 Å². The maximum absolute atomic E-state index is 12.6. The van der Waals surface area contributed by atoms with Gasteiger partial charge in [-0.3, -0.25) is 9.59 Å². The van der Waals surface area contributed by atoms with E-state index >= 15 is 0 Å². The van der Waals surface area contributed by atoms with E-state index in [0.717, 1.165) is 18.2 Å². The van der Waals surface area contributed by atoms with Crippen LogP contribution < -0.4 is 0 Å². The lowest BCUT2D eigenvalue weighted by atomic mass is 10.1. The third-order valence-electron chi connectivity index (χ3n) is 2.04. The van der Waals surface area contributed by atoms with Crippen LogP contribution in [0, 0.1) is 0 Å². The van der Waals surface area contributed by atoms with Gasteiger partial charge in [0.05, 0.1) is 5.56 Å². The fourth-order valence-electron chi connectivity index (χ4n) is 1.29. The summed E-state index contributed by atoms with van der Waals surface area (Å²) >= 11 is 0. The lowest BCUT2D eigenvalue weighted by molar-refractivity contribution is -0.140. The van der Waals surface area contributed by atoms with Crippen molar-refractivity contribution in [3.8, 4) is 0 Å². The second kappa shape index (κ2) is 5.48. The van der Waals surface area contributed by atoms with E-state index < -0.39 is 29.9 Å². The van der Waals surface area contributed by atoms with Crippen LogP contribution >= 0.6 is 0 Å². The molecule has 0 heterocycles. The number of carboxylic acid groups (broad SMARTS) is 1. The number of alkyl halides is 3. The minimum atomic E-state index is -4.52. The SMILES string of the molecule is O=C(O)CC(=O)C=Cc1ccccc1C(F)(F)F. The second-order valence-corrected chi connectivity index (χ2v) is 3.46. The van der Waals surface area contributed by atoms with Crippen molar-refractivity contribution in [3.63, 3.8) is 0 Å². The van der Waals surface area contributed by atoms with E-state index in [0.29, 0.717) is 0 Å². The number of allylic oxidation sites excluding steroid dienone is 1. The van der Waals surface area contributed by atoms with Gasteiger partial charge in [-0.25, -0.2) is 0 Å². The van der Waals surface area contributed by atoms with E-state index in [2.05, 4.69) is 0 Å². The van der Waals surface area contributed by atoms with E-state index in [4.69, 9.17) is 5.11 Å². The summed E-state index contributed by atoms with van der Waals surface area (Å²) in [6.07, 6.45) is -3.46. The standard InChI is InChI=1S/C12H9F3O3/c13-12(14,15)10-4-2-1-3-8(10)5-6-9(16)7-11(17)18/h1-6H,7H2,(H,17,18). The molecule has 3 nitrogen and oxygen atoms in total. The fraction of sp³-hybridized carbons (Fsp3) is 0.167. The summed E-state index contributed by atoms with van der Waals surface area (Å²) in [6, 6.07) is 4.73. The summed E-state index contributed by atoms with van der Waals surface area (Å²) < 4.78 is 37.7. The number of aliphatic carboxylic acids is 1. The van der Waals surface area contributed by atoms with Gasteiger partial charge >= 0.3 is 12.1 Å². The number of carbonyl (C=O) groups is 2. The molecule has 0 saturated carbocycles. The molecule has 0 bridgehead atoms. The van der Waals surface area contributed by atoms with Gasteiger partial charge in [-0.2, -0.15) is 13.2 Å². The number of halogens is 3. The molecule has 0 aliphatic carbocycles. The molecule has 0 fully saturated rings. The Hall–Kier alpha value is -2.11. The summed E-state index contributed by atoms with van der Waals surface area (Å²) in [4.78, 5) is 21.3. The highest BCUT2D eigenvalue weighted by Crippen LogP contribution is 2.32. The largest absolute Gasteiger partial charge is 0.481 e. The van der Waals surface area contributed by atoms with Crippen molar-refractivity contribution in [2.75, 3.05) is 0 Å². The topological polar surface area (TPSA) is 54.4 Å². The molecule has 0 spiro atoms. The van der Waals surface area contributed by atoms with Crippen LogP contribution in [-0.2, 0) is 15.8 Å². The molecule has 18 heavy (non-hydrogen) atoms. The van der Waals surface area contributed by atoms with Crippen molar-refractivity contribution in [1.29, 1.82) is 0 Å². The average molecular weight is 258 g/mol. The van der Waals surface area contributed by atoms with Crippen molar-refractivity contribution < 1.29 is 27.9 Å². The highest BCUT2D eigenvalue weighted by atomic mass is 19.4. The van der Waals surface area contributed by atoms with Gasteiger partial charge in [0.15, 0.2) is 5.78 Å². The summed E-state index contributed by atoms with van der Waals surface area (Å²) in [6.45, 7) is 0. The molecule has 1 N–H and O–H groups in total. The van der Waals surface area contributed by atoms with Gasteiger partial charge in [-0.15, -0.1) is 0 Å². The first-order valence-corrected chi connectivity index (χ1v) is 4.89. The Morgan fingerprint density at radius 2 is 1.83 bits per heavy atom. The van der Waals surface area contributed by atoms with Gasteiger partial charge in [0.1, 0.15) is 6.42 Å². The van der Waals surface area contributed by atoms with Gasteiger partial charge in [0.25, 0.3) is 0 Å². The number of carboxylic acids is 1. The van der Waals surface area contributed by atoms with Crippen LogP contribution in [0.3, 0.4) is 0 Å². The normalized spacial score (nSPS) is 11.7. The van der Waals surface area contributed by atoms with Crippen LogP contribution in [-0.4, -0.2) is 16.9 Å². The monoisotopic (exact) mass is 258 g/mol. The summed E-state index contributed by atoms with van der Waals surface area (Å²) in [7, 11) is 0. The molecule has 0 aromatic heterocycles. The quantitative estimate of drug-likeness (QED) is 0.667. The van der Waals surface area contributed by atoms with Gasteiger partial charge in [0, 0.05) is 0 Å². The van der Waals surface area contributed by atoms with E-state index in [1.54, 1.807) is 0 Å². The molecule has 1 aromatic carbocycles. The Morgan fingerprint density at radius 1 is 1.22 bits per heavy atom.